The molecule has 1 unspecified atom stereocenters. The molecule has 7 nitrogen and oxygen atoms in total. The van der Waals surface area contributed by atoms with Crippen molar-refractivity contribution in [3.63, 3.8) is 0 Å². The summed E-state index contributed by atoms with van der Waals surface area (Å²) in [5.41, 5.74) is 0.486. The summed E-state index contributed by atoms with van der Waals surface area (Å²) in [6.45, 7) is 1.18. The molecule has 3 N–H and O–H groups in total. The number of nitrogens with zero attached hydrogens (tertiary/aromatic N) is 2. The van der Waals surface area contributed by atoms with Crippen LogP contribution in [0, 0.1) is 5.41 Å². The summed E-state index contributed by atoms with van der Waals surface area (Å²) in [6, 6.07) is 7.04. The first-order chi connectivity index (χ1) is 11.7. The number of amides is 2. The Kier molecular flexibility index (Phi) is 10.9. The van der Waals surface area contributed by atoms with E-state index in [-0.39, 0.29) is 55.5 Å². The summed E-state index contributed by atoms with van der Waals surface area (Å²) in [6.07, 6.45) is 7.17. The molecule has 0 radical (unpaired) electrons. The van der Waals surface area contributed by atoms with Crippen molar-refractivity contribution in [3.8, 4) is 0 Å². The van der Waals surface area contributed by atoms with Gasteiger partial charge in [-0.15, -0.1) is 37.2 Å². The number of pyridine rings is 2. The molecule has 1 fully saturated rings. The molecule has 3 rings (SSSR count). The highest BCUT2D eigenvalue weighted by atomic mass is 35.5. The Labute approximate surface area is 176 Å². The average molecular weight is 435 g/mol. The first-order valence-corrected chi connectivity index (χ1v) is 7.80. The van der Waals surface area contributed by atoms with E-state index in [2.05, 4.69) is 25.9 Å². The highest BCUT2D eigenvalue weighted by molar-refractivity contribution is 6.00. The van der Waals surface area contributed by atoms with Gasteiger partial charge in [0.25, 0.3) is 0 Å². The minimum absolute atomic E-state index is 0. The van der Waals surface area contributed by atoms with Gasteiger partial charge in [0.1, 0.15) is 0 Å². The van der Waals surface area contributed by atoms with Crippen molar-refractivity contribution in [2.24, 2.45) is 5.41 Å². The molecule has 1 saturated heterocycles. The van der Waals surface area contributed by atoms with Crippen molar-refractivity contribution in [1.82, 2.24) is 15.3 Å². The summed E-state index contributed by atoms with van der Waals surface area (Å²) in [4.78, 5) is 33.1. The van der Waals surface area contributed by atoms with Crippen molar-refractivity contribution in [1.29, 1.82) is 0 Å². The van der Waals surface area contributed by atoms with Crippen LogP contribution in [0.5, 0.6) is 0 Å². The van der Waals surface area contributed by atoms with E-state index in [1.54, 1.807) is 49.1 Å². The fraction of sp³-hybridized carbons (Fsp3) is 0.294. The van der Waals surface area contributed by atoms with Crippen LogP contribution in [0.25, 0.3) is 0 Å². The third-order valence-corrected chi connectivity index (χ3v) is 4.09. The molecule has 3 heterocycles. The molecule has 27 heavy (non-hydrogen) atoms. The van der Waals surface area contributed by atoms with E-state index in [0.29, 0.717) is 30.9 Å². The van der Waals surface area contributed by atoms with Gasteiger partial charge in [-0.25, -0.2) is 0 Å². The Morgan fingerprint density at radius 3 is 2.07 bits per heavy atom. The van der Waals surface area contributed by atoms with Gasteiger partial charge in [0.15, 0.2) is 0 Å². The molecule has 2 amide bonds. The van der Waals surface area contributed by atoms with Crippen LogP contribution in [0.1, 0.15) is 12.8 Å². The zero-order chi connectivity index (χ0) is 16.8. The second-order valence-electron chi connectivity index (χ2n) is 5.87. The van der Waals surface area contributed by atoms with Crippen LogP contribution in [0.4, 0.5) is 11.4 Å². The van der Waals surface area contributed by atoms with E-state index in [0.717, 1.165) is 0 Å². The maximum atomic E-state index is 12.8. The van der Waals surface area contributed by atoms with Crippen LogP contribution < -0.4 is 16.0 Å². The second kappa shape index (κ2) is 11.7. The van der Waals surface area contributed by atoms with Crippen LogP contribution in [0.3, 0.4) is 0 Å². The first-order valence-electron chi connectivity index (χ1n) is 7.80. The Morgan fingerprint density at radius 1 is 1.00 bits per heavy atom. The minimum atomic E-state index is -0.762. The van der Waals surface area contributed by atoms with Gasteiger partial charge < -0.3 is 16.0 Å². The van der Waals surface area contributed by atoms with E-state index in [1.165, 1.54) is 0 Å². The lowest BCUT2D eigenvalue weighted by Gasteiger charge is -2.26. The number of hydrogen-bond acceptors (Lipinski definition) is 5. The van der Waals surface area contributed by atoms with E-state index < -0.39 is 5.41 Å². The van der Waals surface area contributed by atoms with Crippen molar-refractivity contribution in [2.75, 3.05) is 23.7 Å². The molecular weight excluding hydrogens is 413 g/mol. The van der Waals surface area contributed by atoms with Crippen LogP contribution in [0.2, 0.25) is 0 Å². The molecular formula is C17H22Cl3N5O2. The summed E-state index contributed by atoms with van der Waals surface area (Å²) in [5, 5.41) is 8.83. The molecule has 2 aromatic heterocycles. The smallest absolute Gasteiger partial charge is 0.232 e. The molecule has 10 heteroatoms. The van der Waals surface area contributed by atoms with Gasteiger partial charge in [-0.3, -0.25) is 19.6 Å². The number of rotatable bonds is 5. The number of carbonyl (C=O) groups is 2. The lowest BCUT2D eigenvalue weighted by molar-refractivity contribution is -0.129. The number of aromatic nitrogens is 2. The van der Waals surface area contributed by atoms with Crippen LogP contribution in [-0.4, -0.2) is 34.9 Å². The van der Waals surface area contributed by atoms with E-state index in [9.17, 15) is 9.59 Å². The van der Waals surface area contributed by atoms with Gasteiger partial charge in [-0.05, 0) is 37.2 Å². The molecule has 0 spiro atoms. The topological polar surface area (TPSA) is 96.0 Å². The molecule has 0 saturated carbocycles. The Morgan fingerprint density at radius 2 is 1.59 bits per heavy atom. The summed E-state index contributed by atoms with van der Waals surface area (Å²) in [7, 11) is 0. The van der Waals surface area contributed by atoms with Gasteiger partial charge in [-0.1, -0.05) is 0 Å². The number of hydrogen-bond donors (Lipinski definition) is 3. The van der Waals surface area contributed by atoms with Gasteiger partial charge in [0.05, 0.1) is 29.2 Å². The first kappa shape index (κ1) is 25.1. The van der Waals surface area contributed by atoms with Crippen molar-refractivity contribution < 1.29 is 9.59 Å². The highest BCUT2D eigenvalue weighted by Crippen LogP contribution is 2.31. The van der Waals surface area contributed by atoms with Gasteiger partial charge in [0, 0.05) is 25.4 Å². The Balaban J connectivity index is 0.00000225. The Hall–Kier alpha value is -1.93. The second-order valence-corrected chi connectivity index (χ2v) is 5.87. The zero-order valence-electron chi connectivity index (χ0n) is 14.4. The van der Waals surface area contributed by atoms with Crippen molar-refractivity contribution >= 4 is 60.4 Å². The predicted octanol–water partition coefficient (Wildman–Crippen LogP) is 2.69. The maximum absolute atomic E-state index is 12.8. The number of nitrogens with one attached hydrogen (secondary N) is 3. The van der Waals surface area contributed by atoms with Gasteiger partial charge in [0.2, 0.25) is 11.8 Å². The average Bonchev–Trinajstić information content (AvgIpc) is 3.06. The molecule has 0 bridgehead atoms. The molecule has 2 aromatic rings. The van der Waals surface area contributed by atoms with E-state index in [1.807, 2.05) is 0 Å². The normalized spacial score (nSPS) is 17.5. The predicted molar refractivity (Wildman–Crippen MR) is 112 cm³/mol. The standard InChI is InChI=1S/C17H19N5O2.3ClH/c23-15(21-13-3-1-6-18-10-13)9-17(5-8-20-12-17)16(24)22-14-4-2-7-19-11-14;;;/h1-4,6-7,10-11,20H,5,8-9,12H2,(H,21,23)(H,22,24);3*1H. The minimum Gasteiger partial charge on any atom is -0.325 e. The molecule has 0 aliphatic carbocycles. The zero-order valence-corrected chi connectivity index (χ0v) is 16.8. The fourth-order valence-corrected chi connectivity index (χ4v) is 2.82. The lowest BCUT2D eigenvalue weighted by atomic mass is 9.82. The summed E-state index contributed by atoms with van der Waals surface area (Å²) < 4.78 is 0. The molecule has 0 aromatic carbocycles. The number of halogens is 3. The third kappa shape index (κ3) is 6.62. The number of anilines is 2. The quantitative estimate of drug-likeness (QED) is 0.672. The molecule has 1 aliphatic rings. The third-order valence-electron chi connectivity index (χ3n) is 4.09. The monoisotopic (exact) mass is 433 g/mol. The molecule has 148 valence electrons. The van der Waals surface area contributed by atoms with Crippen LogP contribution in [0.15, 0.2) is 49.1 Å². The SMILES string of the molecule is Cl.Cl.Cl.O=C(CC1(C(=O)Nc2cccnc2)CCNC1)Nc1cccnc1. The van der Waals surface area contributed by atoms with Gasteiger partial charge in [-0.2, -0.15) is 0 Å². The molecule has 1 aliphatic heterocycles. The maximum Gasteiger partial charge on any atom is 0.232 e. The fourth-order valence-electron chi connectivity index (χ4n) is 2.82. The largest absolute Gasteiger partial charge is 0.325 e. The number of carbonyl (C=O) groups excluding carboxylic acids is 2. The Bertz CT molecular complexity index is 713. The summed E-state index contributed by atoms with van der Waals surface area (Å²) in [5.74, 6) is -0.366. The van der Waals surface area contributed by atoms with E-state index in [4.69, 9.17) is 0 Å². The van der Waals surface area contributed by atoms with Crippen molar-refractivity contribution in [3.05, 3.63) is 49.1 Å². The lowest BCUT2D eigenvalue weighted by Crippen LogP contribution is -2.41. The summed E-state index contributed by atoms with van der Waals surface area (Å²) >= 11 is 0. The van der Waals surface area contributed by atoms with Crippen molar-refractivity contribution in [2.45, 2.75) is 12.8 Å². The van der Waals surface area contributed by atoms with Crippen LogP contribution >= 0.6 is 37.2 Å². The highest BCUT2D eigenvalue weighted by Gasteiger charge is 2.43. The van der Waals surface area contributed by atoms with E-state index >= 15 is 0 Å². The van der Waals surface area contributed by atoms with Crippen LogP contribution in [-0.2, 0) is 9.59 Å². The van der Waals surface area contributed by atoms with Gasteiger partial charge >= 0.3 is 0 Å². The molecule has 1 atom stereocenters.